The summed E-state index contributed by atoms with van der Waals surface area (Å²) >= 11 is 0. The van der Waals surface area contributed by atoms with Gasteiger partial charge in [-0.1, -0.05) is 12.5 Å². The third-order valence-corrected chi connectivity index (χ3v) is 4.07. The van der Waals surface area contributed by atoms with Gasteiger partial charge in [0.05, 0.1) is 17.2 Å². The number of para-hydroxylation sites is 1. The van der Waals surface area contributed by atoms with E-state index in [1.165, 1.54) is 0 Å². The fraction of sp³-hybridized carbons (Fsp3) is 0.467. The minimum absolute atomic E-state index is 0.270. The molecular weight excluding hydrogens is 272 g/mol. The Bertz CT molecular complexity index is 573. The molecule has 1 aliphatic carbocycles. The summed E-state index contributed by atoms with van der Waals surface area (Å²) < 4.78 is 5.57. The number of anilines is 1. The Kier molecular flexibility index (Phi) is 3.68. The Morgan fingerprint density at radius 1 is 1.33 bits per heavy atom. The van der Waals surface area contributed by atoms with Crippen molar-refractivity contribution in [3.8, 4) is 5.75 Å². The second kappa shape index (κ2) is 5.63. The van der Waals surface area contributed by atoms with Crippen LogP contribution >= 0.6 is 0 Å². The lowest BCUT2D eigenvalue weighted by atomic mass is 10.0. The molecule has 2 aliphatic rings. The van der Waals surface area contributed by atoms with Crippen LogP contribution in [0.2, 0.25) is 0 Å². The number of aliphatic carboxylic acids is 1. The SMILES string of the molecule is O=C(NC1CCCC1C(=O)O)c1cccc2c1OCCN2. The number of hydrogen-bond acceptors (Lipinski definition) is 4. The number of benzene rings is 1. The van der Waals surface area contributed by atoms with Gasteiger partial charge in [-0.2, -0.15) is 0 Å². The summed E-state index contributed by atoms with van der Waals surface area (Å²) in [5.74, 6) is -1.06. The zero-order valence-electron chi connectivity index (χ0n) is 11.6. The van der Waals surface area contributed by atoms with Crippen LogP contribution in [0, 0.1) is 5.92 Å². The Hall–Kier alpha value is -2.24. The minimum Gasteiger partial charge on any atom is -0.489 e. The number of carbonyl (C=O) groups excluding carboxylic acids is 1. The molecule has 0 saturated heterocycles. The molecule has 6 heteroatoms. The summed E-state index contributed by atoms with van der Waals surface area (Å²) in [5, 5.41) is 15.2. The molecule has 6 nitrogen and oxygen atoms in total. The maximum absolute atomic E-state index is 12.4. The van der Waals surface area contributed by atoms with Gasteiger partial charge in [0, 0.05) is 12.6 Å². The summed E-state index contributed by atoms with van der Waals surface area (Å²) in [6.07, 6.45) is 2.15. The van der Waals surface area contributed by atoms with Gasteiger partial charge < -0.3 is 20.5 Å². The van der Waals surface area contributed by atoms with E-state index in [4.69, 9.17) is 4.74 Å². The van der Waals surface area contributed by atoms with Gasteiger partial charge in [0.25, 0.3) is 5.91 Å². The van der Waals surface area contributed by atoms with E-state index in [2.05, 4.69) is 10.6 Å². The van der Waals surface area contributed by atoms with Crippen molar-refractivity contribution in [3.05, 3.63) is 23.8 Å². The zero-order valence-corrected chi connectivity index (χ0v) is 11.6. The Morgan fingerprint density at radius 3 is 3.00 bits per heavy atom. The summed E-state index contributed by atoms with van der Waals surface area (Å²) in [7, 11) is 0. The monoisotopic (exact) mass is 290 g/mol. The van der Waals surface area contributed by atoms with Crippen molar-refractivity contribution in [3.63, 3.8) is 0 Å². The van der Waals surface area contributed by atoms with Crippen molar-refractivity contribution in [2.24, 2.45) is 5.92 Å². The number of carboxylic acids is 1. The largest absolute Gasteiger partial charge is 0.489 e. The average Bonchev–Trinajstić information content (AvgIpc) is 2.95. The van der Waals surface area contributed by atoms with Gasteiger partial charge in [0.2, 0.25) is 0 Å². The van der Waals surface area contributed by atoms with Gasteiger partial charge in [0.15, 0.2) is 5.75 Å². The van der Waals surface area contributed by atoms with Crippen LogP contribution in [0.15, 0.2) is 18.2 Å². The van der Waals surface area contributed by atoms with Crippen molar-refractivity contribution < 1.29 is 19.4 Å². The van der Waals surface area contributed by atoms with E-state index in [1.807, 2.05) is 6.07 Å². The molecule has 1 aromatic rings. The molecule has 1 aliphatic heterocycles. The van der Waals surface area contributed by atoms with Gasteiger partial charge in [-0.15, -0.1) is 0 Å². The van der Waals surface area contributed by atoms with E-state index in [9.17, 15) is 14.7 Å². The van der Waals surface area contributed by atoms with Crippen LogP contribution in [-0.4, -0.2) is 36.2 Å². The van der Waals surface area contributed by atoms with Crippen LogP contribution in [0.3, 0.4) is 0 Å². The lowest BCUT2D eigenvalue weighted by Crippen LogP contribution is -2.40. The number of ether oxygens (including phenoxy) is 1. The van der Waals surface area contributed by atoms with Gasteiger partial charge >= 0.3 is 5.97 Å². The molecule has 0 aromatic heterocycles. The van der Waals surface area contributed by atoms with Crippen molar-refractivity contribution in [1.29, 1.82) is 0 Å². The molecule has 1 saturated carbocycles. The van der Waals surface area contributed by atoms with E-state index in [1.54, 1.807) is 12.1 Å². The average molecular weight is 290 g/mol. The predicted octanol–water partition coefficient (Wildman–Crippen LogP) is 1.47. The van der Waals surface area contributed by atoms with E-state index < -0.39 is 11.9 Å². The first-order chi connectivity index (χ1) is 10.2. The molecule has 2 atom stereocenters. The number of nitrogens with one attached hydrogen (secondary N) is 2. The third kappa shape index (κ3) is 2.66. The zero-order chi connectivity index (χ0) is 14.8. The van der Waals surface area contributed by atoms with Crippen LogP contribution in [0.4, 0.5) is 5.69 Å². The predicted molar refractivity (Wildman–Crippen MR) is 76.7 cm³/mol. The summed E-state index contributed by atoms with van der Waals surface area (Å²) in [6.45, 7) is 1.22. The first-order valence-electron chi connectivity index (χ1n) is 7.20. The van der Waals surface area contributed by atoms with E-state index in [0.29, 0.717) is 37.3 Å². The van der Waals surface area contributed by atoms with Crippen LogP contribution in [0.5, 0.6) is 5.75 Å². The molecule has 21 heavy (non-hydrogen) atoms. The molecule has 2 unspecified atom stereocenters. The van der Waals surface area contributed by atoms with Crippen LogP contribution < -0.4 is 15.4 Å². The quantitative estimate of drug-likeness (QED) is 0.784. The first-order valence-corrected chi connectivity index (χ1v) is 7.20. The van der Waals surface area contributed by atoms with E-state index in [0.717, 1.165) is 12.1 Å². The molecule has 1 amide bonds. The summed E-state index contributed by atoms with van der Waals surface area (Å²) in [4.78, 5) is 23.6. The Balaban J connectivity index is 1.78. The Labute approximate surface area is 122 Å². The first kappa shape index (κ1) is 13.7. The summed E-state index contributed by atoms with van der Waals surface area (Å²) in [5.41, 5.74) is 1.26. The highest BCUT2D eigenvalue weighted by molar-refractivity contribution is 5.99. The summed E-state index contributed by atoms with van der Waals surface area (Å²) in [6, 6.07) is 5.05. The Morgan fingerprint density at radius 2 is 2.19 bits per heavy atom. The number of fused-ring (bicyclic) bond motifs is 1. The molecule has 3 N–H and O–H groups in total. The van der Waals surface area contributed by atoms with E-state index >= 15 is 0 Å². The van der Waals surface area contributed by atoms with Crippen molar-refractivity contribution >= 4 is 17.6 Å². The number of carboxylic acid groups (broad SMARTS) is 1. The van der Waals surface area contributed by atoms with Crippen LogP contribution in [0.25, 0.3) is 0 Å². The topological polar surface area (TPSA) is 87.7 Å². The fourth-order valence-electron chi connectivity index (χ4n) is 3.02. The maximum Gasteiger partial charge on any atom is 0.308 e. The van der Waals surface area contributed by atoms with Gasteiger partial charge in [0.1, 0.15) is 6.61 Å². The molecule has 112 valence electrons. The fourth-order valence-corrected chi connectivity index (χ4v) is 3.02. The lowest BCUT2D eigenvalue weighted by molar-refractivity contribution is -0.142. The molecule has 3 rings (SSSR count). The molecule has 1 fully saturated rings. The number of carbonyl (C=O) groups is 2. The highest BCUT2D eigenvalue weighted by Crippen LogP contribution is 2.32. The number of rotatable bonds is 3. The molecular formula is C15H18N2O4. The van der Waals surface area contributed by atoms with E-state index in [-0.39, 0.29) is 11.9 Å². The highest BCUT2D eigenvalue weighted by atomic mass is 16.5. The maximum atomic E-state index is 12.4. The number of amides is 1. The lowest BCUT2D eigenvalue weighted by Gasteiger charge is -2.23. The number of hydrogen-bond donors (Lipinski definition) is 3. The van der Waals surface area contributed by atoms with Crippen molar-refractivity contribution in [1.82, 2.24) is 5.32 Å². The highest BCUT2D eigenvalue weighted by Gasteiger charge is 2.34. The third-order valence-electron chi connectivity index (χ3n) is 4.07. The van der Waals surface area contributed by atoms with Gasteiger partial charge in [-0.3, -0.25) is 9.59 Å². The van der Waals surface area contributed by atoms with Crippen LogP contribution in [0.1, 0.15) is 29.6 Å². The van der Waals surface area contributed by atoms with Gasteiger partial charge in [-0.05, 0) is 25.0 Å². The molecule has 0 bridgehead atoms. The second-order valence-electron chi connectivity index (χ2n) is 5.41. The van der Waals surface area contributed by atoms with Crippen LogP contribution in [-0.2, 0) is 4.79 Å². The molecule has 1 heterocycles. The smallest absolute Gasteiger partial charge is 0.308 e. The van der Waals surface area contributed by atoms with Gasteiger partial charge in [-0.25, -0.2) is 0 Å². The standard InChI is InChI=1S/C15H18N2O4/c18-14(17-11-5-1-3-9(11)15(19)20)10-4-2-6-12-13(10)21-8-7-16-12/h2,4,6,9,11,16H,1,3,5,7-8H2,(H,17,18)(H,19,20). The second-order valence-corrected chi connectivity index (χ2v) is 5.41. The molecule has 0 radical (unpaired) electrons. The van der Waals surface area contributed by atoms with Crippen molar-refractivity contribution in [2.75, 3.05) is 18.5 Å². The minimum atomic E-state index is -0.842. The molecule has 1 aromatic carbocycles. The molecule has 0 spiro atoms. The normalized spacial score (nSPS) is 23.6. The van der Waals surface area contributed by atoms with Crippen molar-refractivity contribution in [2.45, 2.75) is 25.3 Å².